The molecular formula is C29H19N3PtS. The molecule has 6 aromatic rings. The third kappa shape index (κ3) is 4.20. The molecule has 0 unspecified atom stereocenters. The van der Waals surface area contributed by atoms with E-state index in [2.05, 4.69) is 95.3 Å². The number of nitrogens with zero attached hydrogens (tertiary/aromatic N) is 3. The third-order valence-electron chi connectivity index (χ3n) is 5.62. The number of hydrogen-bond donors (Lipinski definition) is 0. The summed E-state index contributed by atoms with van der Waals surface area (Å²) in [7, 11) is 0. The first-order chi connectivity index (χ1) is 16.3. The second-order valence-corrected chi connectivity index (χ2v) is 8.94. The van der Waals surface area contributed by atoms with Gasteiger partial charge in [-0.05, 0) is 47.7 Å². The Labute approximate surface area is 217 Å². The molecule has 0 atom stereocenters. The summed E-state index contributed by atoms with van der Waals surface area (Å²) in [6.45, 7) is 2.05. The smallest absolute Gasteiger partial charge is 0.314 e. The van der Waals surface area contributed by atoms with Gasteiger partial charge in [0.2, 0.25) is 0 Å². The van der Waals surface area contributed by atoms with E-state index in [-0.39, 0.29) is 21.1 Å². The molecule has 0 radical (unpaired) electrons. The van der Waals surface area contributed by atoms with Crippen LogP contribution < -0.4 is 0 Å². The van der Waals surface area contributed by atoms with Crippen LogP contribution in [-0.4, -0.2) is 14.5 Å². The summed E-state index contributed by atoms with van der Waals surface area (Å²) in [4.78, 5) is 10.2. The monoisotopic (exact) mass is 636 g/mol. The predicted octanol–water partition coefficient (Wildman–Crippen LogP) is 7.30. The van der Waals surface area contributed by atoms with Crippen molar-refractivity contribution in [3.8, 4) is 16.9 Å². The Hall–Kier alpha value is -3.20. The van der Waals surface area contributed by atoms with Gasteiger partial charge in [0, 0.05) is 17.9 Å². The average molecular weight is 637 g/mol. The van der Waals surface area contributed by atoms with Gasteiger partial charge in [0.1, 0.15) is 5.82 Å². The molecule has 0 aliphatic carbocycles. The van der Waals surface area contributed by atoms with Crippen LogP contribution in [0.5, 0.6) is 0 Å². The first-order valence-electron chi connectivity index (χ1n) is 10.8. The molecule has 0 N–H and O–H groups in total. The molecule has 5 heteroatoms. The van der Waals surface area contributed by atoms with E-state index in [0.717, 1.165) is 48.8 Å². The number of pyridine rings is 2. The quantitative estimate of drug-likeness (QED) is 0.191. The van der Waals surface area contributed by atoms with E-state index in [4.69, 9.17) is 4.98 Å². The minimum absolute atomic E-state index is 0. The zero-order chi connectivity index (χ0) is 22.2. The summed E-state index contributed by atoms with van der Waals surface area (Å²) in [5.74, 6) is 0.892. The maximum absolute atomic E-state index is 4.71. The Kier molecular flexibility index (Phi) is 6.36. The summed E-state index contributed by atoms with van der Waals surface area (Å²) in [5.41, 5.74) is 5.29. The SMILES string of the molecule is Cc1ccc(-n2c3[c-]c(-c4[c-]c(Sc5ccccn5)ccc4)ccc3c3ccccc32)nc1.[Pt+2]. The van der Waals surface area contributed by atoms with Gasteiger partial charge >= 0.3 is 21.1 Å². The van der Waals surface area contributed by atoms with Crippen molar-refractivity contribution in [3.05, 3.63) is 115 Å². The topological polar surface area (TPSA) is 30.7 Å². The van der Waals surface area contributed by atoms with Crippen molar-refractivity contribution in [1.29, 1.82) is 0 Å². The molecule has 0 amide bonds. The van der Waals surface area contributed by atoms with Crippen molar-refractivity contribution in [2.45, 2.75) is 16.8 Å². The number of aryl methyl sites for hydroxylation is 1. The van der Waals surface area contributed by atoms with Crippen LogP contribution in [-0.2, 0) is 21.1 Å². The molecule has 0 bridgehead atoms. The summed E-state index contributed by atoms with van der Waals surface area (Å²) in [6.07, 6.45) is 3.72. The second kappa shape index (κ2) is 9.58. The number of fused-ring (bicyclic) bond motifs is 3. The van der Waals surface area contributed by atoms with Crippen molar-refractivity contribution in [3.63, 3.8) is 0 Å². The van der Waals surface area contributed by atoms with E-state index in [0.29, 0.717) is 0 Å². The minimum Gasteiger partial charge on any atom is -0.314 e. The summed E-state index contributed by atoms with van der Waals surface area (Å²) >= 11 is 1.61. The molecule has 3 aromatic heterocycles. The molecule has 0 aliphatic heterocycles. The molecular weight excluding hydrogens is 617 g/mol. The molecule has 0 fully saturated rings. The van der Waals surface area contributed by atoms with E-state index in [1.54, 1.807) is 11.8 Å². The summed E-state index contributed by atoms with van der Waals surface area (Å²) in [5, 5.41) is 3.31. The molecule has 3 aromatic carbocycles. The Bertz CT molecular complexity index is 1590. The van der Waals surface area contributed by atoms with E-state index in [1.165, 1.54) is 5.39 Å². The van der Waals surface area contributed by atoms with Crippen LogP contribution in [0.25, 0.3) is 38.8 Å². The van der Waals surface area contributed by atoms with E-state index in [1.807, 2.05) is 30.6 Å². The zero-order valence-corrected chi connectivity index (χ0v) is 21.4. The summed E-state index contributed by atoms with van der Waals surface area (Å²) in [6, 6.07) is 36.3. The van der Waals surface area contributed by atoms with E-state index in [9.17, 15) is 0 Å². The number of hydrogen-bond acceptors (Lipinski definition) is 3. The van der Waals surface area contributed by atoms with Crippen molar-refractivity contribution in [1.82, 2.24) is 14.5 Å². The van der Waals surface area contributed by atoms with Gasteiger partial charge in [0.25, 0.3) is 0 Å². The molecule has 0 saturated heterocycles. The minimum atomic E-state index is 0. The van der Waals surface area contributed by atoms with Gasteiger partial charge in [-0.25, -0.2) is 21.1 Å². The zero-order valence-electron chi connectivity index (χ0n) is 18.3. The molecule has 0 aliphatic rings. The summed E-state index contributed by atoms with van der Waals surface area (Å²) < 4.78 is 2.19. The van der Waals surface area contributed by atoms with Gasteiger partial charge in [-0.2, -0.15) is 30.3 Å². The number of aromatic nitrogens is 3. The fourth-order valence-electron chi connectivity index (χ4n) is 4.06. The van der Waals surface area contributed by atoms with Crippen LogP contribution in [0.2, 0.25) is 0 Å². The number of para-hydroxylation sites is 1. The average Bonchev–Trinajstić information content (AvgIpc) is 3.19. The van der Waals surface area contributed by atoms with Crippen LogP contribution >= 0.6 is 11.8 Å². The van der Waals surface area contributed by atoms with Crippen LogP contribution in [0, 0.1) is 19.1 Å². The van der Waals surface area contributed by atoms with Gasteiger partial charge in [0.15, 0.2) is 0 Å². The standard InChI is InChI=1S/C29H19N3S.Pt/c1-20-12-15-28(31-19-20)32-26-10-3-2-9-24(26)25-14-13-22(18-27(25)32)21-7-6-8-23(17-21)33-29-11-4-5-16-30-29;/h2-16,19H,1H3;/q-2;+2. The third-order valence-corrected chi connectivity index (χ3v) is 6.53. The molecule has 3 nitrogen and oxygen atoms in total. The first kappa shape index (κ1) is 22.6. The molecule has 0 spiro atoms. The van der Waals surface area contributed by atoms with Gasteiger partial charge < -0.3 is 4.57 Å². The van der Waals surface area contributed by atoms with E-state index >= 15 is 0 Å². The molecule has 166 valence electrons. The van der Waals surface area contributed by atoms with Crippen molar-refractivity contribution >= 4 is 33.6 Å². The Morgan fingerprint density at radius 3 is 2.41 bits per heavy atom. The normalized spacial score (nSPS) is 11.0. The van der Waals surface area contributed by atoms with Gasteiger partial charge in [-0.1, -0.05) is 52.4 Å². The van der Waals surface area contributed by atoms with Crippen molar-refractivity contribution in [2.75, 3.05) is 0 Å². The van der Waals surface area contributed by atoms with Gasteiger partial charge in [-0.15, -0.1) is 12.1 Å². The van der Waals surface area contributed by atoms with Crippen LogP contribution in [0.1, 0.15) is 5.56 Å². The van der Waals surface area contributed by atoms with Crippen molar-refractivity contribution < 1.29 is 21.1 Å². The Morgan fingerprint density at radius 1 is 0.735 bits per heavy atom. The maximum atomic E-state index is 4.71. The fraction of sp³-hybridized carbons (Fsp3) is 0.0345. The number of benzene rings is 3. The fourth-order valence-corrected chi connectivity index (χ4v) is 4.86. The second-order valence-electron chi connectivity index (χ2n) is 7.88. The molecule has 6 rings (SSSR count). The largest absolute Gasteiger partial charge is 2.00 e. The molecule has 0 saturated carbocycles. The Balaban J connectivity index is 0.00000241. The molecule has 34 heavy (non-hydrogen) atoms. The van der Waals surface area contributed by atoms with E-state index < -0.39 is 0 Å². The maximum Gasteiger partial charge on any atom is 2.00 e. The predicted molar refractivity (Wildman–Crippen MR) is 135 cm³/mol. The van der Waals surface area contributed by atoms with Crippen molar-refractivity contribution in [2.24, 2.45) is 0 Å². The van der Waals surface area contributed by atoms with Crippen LogP contribution in [0.3, 0.4) is 0 Å². The van der Waals surface area contributed by atoms with Gasteiger partial charge in [-0.3, -0.25) is 0 Å². The first-order valence-corrected chi connectivity index (χ1v) is 11.6. The Morgan fingerprint density at radius 2 is 1.59 bits per heavy atom. The van der Waals surface area contributed by atoms with Crippen LogP contribution in [0.4, 0.5) is 0 Å². The van der Waals surface area contributed by atoms with Gasteiger partial charge in [0.05, 0.1) is 5.03 Å². The molecule has 3 heterocycles. The number of rotatable bonds is 4. The van der Waals surface area contributed by atoms with Crippen LogP contribution in [0.15, 0.2) is 107 Å².